The van der Waals surface area contributed by atoms with E-state index in [1.165, 1.54) is 34.5 Å². The number of phosphoric ester groups is 1. The summed E-state index contributed by atoms with van der Waals surface area (Å²) in [5.74, 6) is 0.0622. The van der Waals surface area contributed by atoms with Crippen molar-refractivity contribution in [3.05, 3.63) is 67.5 Å². The van der Waals surface area contributed by atoms with Crippen LogP contribution in [0.1, 0.15) is 24.3 Å². The molecule has 2 aromatic rings. The van der Waals surface area contributed by atoms with Crippen LogP contribution in [0.2, 0.25) is 0 Å². The van der Waals surface area contributed by atoms with Crippen LogP contribution < -0.4 is 22.7 Å². The number of aromatic amines is 1. The van der Waals surface area contributed by atoms with Crippen molar-refractivity contribution in [2.45, 2.75) is 43.9 Å². The zero-order valence-electron chi connectivity index (χ0n) is 19.1. The van der Waals surface area contributed by atoms with Crippen molar-refractivity contribution >= 4 is 13.6 Å². The SMILES string of the molecule is Cc1cn(C2COC(CO)C(OP(=O)(O)OCC3C=CC(n4ccc(N)nc4=O)O3)C2)c(=O)[nH]c1=O. The third kappa shape index (κ3) is 5.90. The second kappa shape index (κ2) is 10.6. The smallest absolute Gasteiger partial charge is 0.394 e. The molecule has 0 radical (unpaired) electrons. The molecular formula is C20H26N5O10P. The van der Waals surface area contributed by atoms with Crippen LogP contribution in [0.5, 0.6) is 0 Å². The molecular weight excluding hydrogens is 501 g/mol. The fourth-order valence-electron chi connectivity index (χ4n) is 3.89. The lowest BCUT2D eigenvalue weighted by molar-refractivity contribution is -0.112. The van der Waals surface area contributed by atoms with Crippen LogP contribution in [0.15, 0.2) is 45.0 Å². The van der Waals surface area contributed by atoms with E-state index in [1.807, 2.05) is 0 Å². The summed E-state index contributed by atoms with van der Waals surface area (Å²) >= 11 is 0. The summed E-state index contributed by atoms with van der Waals surface area (Å²) in [6.45, 7) is 0.659. The van der Waals surface area contributed by atoms with E-state index in [-0.39, 0.29) is 25.5 Å². The molecule has 2 aliphatic rings. The van der Waals surface area contributed by atoms with Gasteiger partial charge in [0.25, 0.3) is 5.56 Å². The van der Waals surface area contributed by atoms with Crippen LogP contribution in [0, 0.1) is 6.92 Å². The van der Waals surface area contributed by atoms with E-state index in [0.717, 1.165) is 0 Å². The van der Waals surface area contributed by atoms with E-state index in [2.05, 4.69) is 9.97 Å². The number of nitrogens with two attached hydrogens (primary N) is 1. The Labute approximate surface area is 203 Å². The van der Waals surface area contributed by atoms with Gasteiger partial charge in [-0.25, -0.2) is 14.2 Å². The van der Waals surface area contributed by atoms with Crippen molar-refractivity contribution in [2.75, 3.05) is 25.6 Å². The van der Waals surface area contributed by atoms with Crippen molar-refractivity contribution in [3.8, 4) is 0 Å². The number of phosphoric acid groups is 1. The molecule has 1 saturated heterocycles. The molecule has 0 spiro atoms. The zero-order chi connectivity index (χ0) is 26.0. The van der Waals surface area contributed by atoms with Gasteiger partial charge in [-0.05, 0) is 25.5 Å². The summed E-state index contributed by atoms with van der Waals surface area (Å²) in [6.07, 6.45) is 2.29. The van der Waals surface area contributed by atoms with Crippen molar-refractivity contribution in [1.82, 2.24) is 19.1 Å². The first-order valence-electron chi connectivity index (χ1n) is 10.9. The highest BCUT2D eigenvalue weighted by atomic mass is 31.2. The molecule has 2 aliphatic heterocycles. The van der Waals surface area contributed by atoms with Gasteiger partial charge in [0, 0.05) is 18.0 Å². The van der Waals surface area contributed by atoms with Gasteiger partial charge in [0.1, 0.15) is 18.0 Å². The van der Waals surface area contributed by atoms with Gasteiger partial charge < -0.3 is 25.2 Å². The largest absolute Gasteiger partial charge is 0.472 e. The Morgan fingerprint density at radius 1 is 1.31 bits per heavy atom. The number of nitrogens with zero attached hydrogens (tertiary/aromatic N) is 3. The maximum absolute atomic E-state index is 12.7. The molecule has 0 aliphatic carbocycles. The number of H-pyrrole nitrogens is 1. The number of nitrogen functional groups attached to an aromatic ring is 1. The fraction of sp³-hybridized carbons (Fsp3) is 0.500. The predicted octanol–water partition coefficient (Wildman–Crippen LogP) is -1.04. The first-order valence-corrected chi connectivity index (χ1v) is 12.4. The third-order valence-electron chi connectivity index (χ3n) is 5.74. The molecule has 6 unspecified atom stereocenters. The van der Waals surface area contributed by atoms with E-state index in [1.54, 1.807) is 12.2 Å². The third-order valence-corrected chi connectivity index (χ3v) is 6.75. The highest BCUT2D eigenvalue weighted by molar-refractivity contribution is 7.47. The molecule has 16 heteroatoms. The summed E-state index contributed by atoms with van der Waals surface area (Å²) in [5.41, 5.74) is 3.96. The monoisotopic (exact) mass is 527 g/mol. The topological polar surface area (TPSA) is 210 Å². The standard InChI is InChI=1S/C20H26N5O10P/c1-11-7-25(20(29)23-18(11)27)12-6-14(15(8-26)32-9-12)35-36(30,31)33-10-13-2-3-17(34-13)24-5-4-16(21)22-19(24)28/h2-5,7,12-15,17,26H,6,8-10H2,1H3,(H,30,31)(H2,21,22,28)(H,23,27,29). The molecule has 196 valence electrons. The highest BCUT2D eigenvalue weighted by Gasteiger charge is 2.39. The normalized spacial score (nSPS) is 27.7. The Morgan fingerprint density at radius 2 is 2.08 bits per heavy atom. The summed E-state index contributed by atoms with van der Waals surface area (Å²) in [4.78, 5) is 51.9. The van der Waals surface area contributed by atoms with E-state index in [9.17, 15) is 28.9 Å². The fourth-order valence-corrected chi connectivity index (χ4v) is 4.85. The Bertz CT molecular complexity index is 1350. The van der Waals surface area contributed by atoms with Gasteiger partial charge in [-0.2, -0.15) is 4.98 Å². The van der Waals surface area contributed by atoms with Crippen molar-refractivity contribution in [3.63, 3.8) is 0 Å². The van der Waals surface area contributed by atoms with Crippen molar-refractivity contribution in [2.24, 2.45) is 0 Å². The minimum absolute atomic E-state index is 0.00846. The van der Waals surface area contributed by atoms with Gasteiger partial charge >= 0.3 is 19.2 Å². The van der Waals surface area contributed by atoms with Gasteiger partial charge in [-0.15, -0.1) is 0 Å². The van der Waals surface area contributed by atoms with Crippen LogP contribution in [-0.2, 0) is 23.1 Å². The summed E-state index contributed by atoms with van der Waals surface area (Å²) in [5, 5.41) is 9.63. The first kappa shape index (κ1) is 26.2. The molecule has 2 aromatic heterocycles. The Kier molecular flexibility index (Phi) is 7.70. The van der Waals surface area contributed by atoms with Crippen LogP contribution >= 0.6 is 7.82 Å². The maximum Gasteiger partial charge on any atom is 0.472 e. The van der Waals surface area contributed by atoms with Crippen molar-refractivity contribution < 1.29 is 33.1 Å². The average molecular weight is 527 g/mol. The lowest BCUT2D eigenvalue weighted by atomic mass is 10.0. The van der Waals surface area contributed by atoms with Gasteiger partial charge in [0.15, 0.2) is 6.23 Å². The highest BCUT2D eigenvalue weighted by Crippen LogP contribution is 2.47. The number of aryl methyl sites for hydroxylation is 1. The van der Waals surface area contributed by atoms with Crippen LogP contribution in [0.4, 0.5) is 5.82 Å². The molecule has 6 atom stereocenters. The van der Waals surface area contributed by atoms with E-state index in [4.69, 9.17) is 24.3 Å². The second-order valence-corrected chi connectivity index (χ2v) is 9.73. The number of aliphatic hydroxyl groups is 1. The quantitative estimate of drug-likeness (QED) is 0.240. The van der Waals surface area contributed by atoms with E-state index >= 15 is 0 Å². The van der Waals surface area contributed by atoms with Crippen LogP contribution in [0.3, 0.4) is 0 Å². The summed E-state index contributed by atoms with van der Waals surface area (Å²) in [7, 11) is -4.67. The predicted molar refractivity (Wildman–Crippen MR) is 123 cm³/mol. The van der Waals surface area contributed by atoms with Crippen molar-refractivity contribution in [1.29, 1.82) is 0 Å². The van der Waals surface area contributed by atoms with E-state index < -0.39 is 61.9 Å². The lowest BCUT2D eigenvalue weighted by Crippen LogP contribution is -2.45. The minimum Gasteiger partial charge on any atom is -0.394 e. The zero-order valence-corrected chi connectivity index (χ0v) is 20.0. The molecule has 15 nitrogen and oxygen atoms in total. The van der Waals surface area contributed by atoms with Gasteiger partial charge in [0.2, 0.25) is 0 Å². The van der Waals surface area contributed by atoms with Gasteiger partial charge in [0.05, 0.1) is 32.0 Å². The summed E-state index contributed by atoms with van der Waals surface area (Å²) in [6, 6.07) is 0.798. The van der Waals surface area contributed by atoms with Gasteiger partial charge in [-0.1, -0.05) is 6.08 Å². The minimum atomic E-state index is -4.67. The molecule has 4 heterocycles. The number of aromatic nitrogens is 4. The van der Waals surface area contributed by atoms with Crippen LogP contribution in [-0.4, -0.2) is 67.2 Å². The Hall–Kier alpha value is -2.91. The molecule has 5 N–H and O–H groups in total. The Morgan fingerprint density at radius 3 is 2.81 bits per heavy atom. The maximum atomic E-state index is 12.7. The number of rotatable bonds is 8. The number of hydrogen-bond donors (Lipinski definition) is 4. The molecule has 0 aromatic carbocycles. The number of aliphatic hydroxyl groups excluding tert-OH is 1. The molecule has 0 saturated carbocycles. The molecule has 4 rings (SSSR count). The molecule has 0 bridgehead atoms. The first-order chi connectivity index (χ1) is 17.1. The number of hydrogen-bond acceptors (Lipinski definition) is 11. The number of ether oxygens (including phenoxy) is 2. The molecule has 1 fully saturated rings. The number of anilines is 1. The average Bonchev–Trinajstić information content (AvgIpc) is 3.29. The summed E-state index contributed by atoms with van der Waals surface area (Å²) < 4.78 is 36.6. The molecule has 0 amide bonds. The van der Waals surface area contributed by atoms with Gasteiger partial charge in [-0.3, -0.25) is 28.0 Å². The lowest BCUT2D eigenvalue weighted by Gasteiger charge is -2.36. The molecule has 36 heavy (non-hydrogen) atoms. The van der Waals surface area contributed by atoms with Crippen LogP contribution in [0.25, 0.3) is 0 Å². The second-order valence-electron chi connectivity index (χ2n) is 8.32. The number of nitrogens with one attached hydrogen (secondary N) is 1. The Balaban J connectivity index is 1.38. The van der Waals surface area contributed by atoms with E-state index in [0.29, 0.717) is 5.56 Å².